The van der Waals surface area contributed by atoms with Gasteiger partial charge in [-0.1, -0.05) is 5.21 Å². The Balaban J connectivity index is 2.14. The highest BCUT2D eigenvalue weighted by Gasteiger charge is 2.41. The van der Waals surface area contributed by atoms with Crippen molar-refractivity contribution < 1.29 is 22.4 Å². The molecule has 96 valence electrons. The summed E-state index contributed by atoms with van der Waals surface area (Å²) in [6, 6.07) is 3.26. The van der Waals surface area contributed by atoms with E-state index >= 15 is 0 Å². The van der Waals surface area contributed by atoms with Crippen LogP contribution in [-0.2, 0) is 6.54 Å². The average molecular weight is 324 g/mol. The molecule has 0 amide bonds. The van der Waals surface area contributed by atoms with Crippen molar-refractivity contribution in [2.75, 3.05) is 0 Å². The van der Waals surface area contributed by atoms with Crippen molar-refractivity contribution in [3.05, 3.63) is 34.5 Å². The van der Waals surface area contributed by atoms with E-state index in [0.717, 1.165) is 10.9 Å². The molecule has 2 rings (SSSR count). The molecule has 18 heavy (non-hydrogen) atoms. The maximum absolute atomic E-state index is 12.1. The molecular weight excluding hydrogens is 319 g/mol. The van der Waals surface area contributed by atoms with Gasteiger partial charge in [0, 0.05) is 0 Å². The molecule has 2 aromatic rings. The van der Waals surface area contributed by atoms with Gasteiger partial charge < -0.3 is 4.42 Å². The molecule has 0 saturated carbocycles. The summed E-state index contributed by atoms with van der Waals surface area (Å²) in [4.78, 5) is 10.9. The number of carbonyl (C=O) groups excluding carboxylic acids is 1. The molecule has 2 aromatic heterocycles. The molecule has 0 aliphatic heterocycles. The highest BCUT2D eigenvalue weighted by Crippen LogP contribution is 2.20. The first-order valence-corrected chi connectivity index (χ1v) is 5.41. The van der Waals surface area contributed by atoms with Crippen LogP contribution in [-0.4, -0.2) is 27.0 Å². The normalized spacial score (nSPS) is 11.8. The SMILES string of the molecule is O=C(c1cn(Cc2ccc(Br)o2)nn1)C(F)(F)F. The van der Waals surface area contributed by atoms with Crippen LogP contribution < -0.4 is 0 Å². The number of nitrogens with zero attached hydrogens (tertiary/aromatic N) is 3. The molecule has 0 aliphatic carbocycles. The number of hydrogen-bond donors (Lipinski definition) is 0. The summed E-state index contributed by atoms with van der Waals surface area (Å²) in [7, 11) is 0. The maximum atomic E-state index is 12.1. The van der Waals surface area contributed by atoms with Gasteiger partial charge in [-0.3, -0.25) is 4.79 Å². The van der Waals surface area contributed by atoms with Gasteiger partial charge in [-0.25, -0.2) is 4.68 Å². The van der Waals surface area contributed by atoms with Gasteiger partial charge in [-0.15, -0.1) is 5.10 Å². The number of carbonyl (C=O) groups is 1. The number of hydrogen-bond acceptors (Lipinski definition) is 4. The van der Waals surface area contributed by atoms with Crippen LogP contribution in [0.15, 0.2) is 27.4 Å². The number of aromatic nitrogens is 3. The first-order chi connectivity index (χ1) is 8.36. The van der Waals surface area contributed by atoms with Gasteiger partial charge >= 0.3 is 6.18 Å². The zero-order valence-electron chi connectivity index (χ0n) is 8.61. The lowest BCUT2D eigenvalue weighted by Crippen LogP contribution is -2.23. The molecule has 2 heterocycles. The highest BCUT2D eigenvalue weighted by atomic mass is 79.9. The van der Waals surface area contributed by atoms with Gasteiger partial charge in [0.2, 0.25) is 0 Å². The Bertz CT molecular complexity index is 576. The Morgan fingerprint density at radius 2 is 2.17 bits per heavy atom. The van der Waals surface area contributed by atoms with Crippen LogP contribution in [0, 0.1) is 0 Å². The molecule has 0 atom stereocenters. The van der Waals surface area contributed by atoms with E-state index in [1.165, 1.54) is 0 Å². The molecule has 0 N–H and O–H groups in total. The van der Waals surface area contributed by atoms with Gasteiger partial charge in [0.25, 0.3) is 5.78 Å². The topological polar surface area (TPSA) is 60.9 Å². The fraction of sp³-hybridized carbons (Fsp3) is 0.222. The molecule has 0 unspecified atom stereocenters. The zero-order valence-corrected chi connectivity index (χ0v) is 10.2. The fourth-order valence-electron chi connectivity index (χ4n) is 1.22. The second-order valence-corrected chi connectivity index (χ2v) is 4.12. The molecule has 0 aliphatic rings. The quantitative estimate of drug-likeness (QED) is 0.814. The molecule has 0 spiro atoms. The highest BCUT2D eigenvalue weighted by molar-refractivity contribution is 9.10. The van der Waals surface area contributed by atoms with Crippen LogP contribution in [0.3, 0.4) is 0 Å². The van der Waals surface area contributed by atoms with E-state index in [0.29, 0.717) is 10.4 Å². The van der Waals surface area contributed by atoms with E-state index in [1.807, 2.05) is 0 Å². The summed E-state index contributed by atoms with van der Waals surface area (Å²) < 4.78 is 43.1. The van der Waals surface area contributed by atoms with Crippen LogP contribution in [0.1, 0.15) is 16.2 Å². The first kappa shape index (κ1) is 12.8. The first-order valence-electron chi connectivity index (χ1n) is 4.62. The summed E-state index contributed by atoms with van der Waals surface area (Å²) in [5.41, 5.74) is -0.742. The van der Waals surface area contributed by atoms with Crippen LogP contribution in [0.25, 0.3) is 0 Å². The van der Waals surface area contributed by atoms with Crippen LogP contribution in [0.2, 0.25) is 0 Å². The molecular formula is C9H5BrF3N3O2. The summed E-state index contributed by atoms with van der Waals surface area (Å²) in [5.74, 6) is -1.55. The number of halogens is 4. The Morgan fingerprint density at radius 3 is 2.72 bits per heavy atom. The van der Waals surface area contributed by atoms with Gasteiger partial charge in [0.15, 0.2) is 10.4 Å². The largest absolute Gasteiger partial charge is 0.456 e. The van der Waals surface area contributed by atoms with Gasteiger partial charge in [-0.05, 0) is 28.1 Å². The predicted octanol–water partition coefficient (Wildman–Crippen LogP) is 2.43. The van der Waals surface area contributed by atoms with Crippen molar-refractivity contribution in [2.45, 2.75) is 12.7 Å². The Kier molecular flexibility index (Phi) is 3.24. The van der Waals surface area contributed by atoms with Crippen molar-refractivity contribution in [1.82, 2.24) is 15.0 Å². The third-order valence-corrected chi connectivity index (χ3v) is 2.40. The Labute approximate surface area is 107 Å². The van der Waals surface area contributed by atoms with Gasteiger partial charge in [-0.2, -0.15) is 13.2 Å². The molecule has 5 nitrogen and oxygen atoms in total. The average Bonchev–Trinajstić information content (AvgIpc) is 2.86. The third kappa shape index (κ3) is 2.78. The minimum atomic E-state index is -4.95. The summed E-state index contributed by atoms with van der Waals surface area (Å²) in [5, 5.41) is 6.60. The Hall–Kier alpha value is -1.64. The van der Waals surface area contributed by atoms with Crippen LogP contribution in [0.5, 0.6) is 0 Å². The number of Topliss-reactive ketones (excluding diaryl/α,β-unsaturated/α-hetero) is 1. The van der Waals surface area contributed by atoms with E-state index < -0.39 is 17.7 Å². The number of rotatable bonds is 3. The molecule has 0 bridgehead atoms. The standard InChI is InChI=1S/C9H5BrF3N3O2/c10-7-2-1-5(18-7)3-16-4-6(14-15-16)8(17)9(11,12)13/h1-2,4H,3H2. The van der Waals surface area contributed by atoms with Crippen LogP contribution in [0.4, 0.5) is 13.2 Å². The smallest absolute Gasteiger partial charge is 0.452 e. The summed E-state index contributed by atoms with van der Waals surface area (Å²) in [6.07, 6.45) is -4.03. The number of furan rings is 1. The number of ketones is 1. The fourth-order valence-corrected chi connectivity index (χ4v) is 1.56. The van der Waals surface area contributed by atoms with E-state index in [9.17, 15) is 18.0 Å². The summed E-state index contributed by atoms with van der Waals surface area (Å²) in [6.45, 7) is 0.0870. The molecule has 0 aromatic carbocycles. The monoisotopic (exact) mass is 323 g/mol. The predicted molar refractivity (Wildman–Crippen MR) is 55.9 cm³/mol. The lowest BCUT2D eigenvalue weighted by atomic mass is 10.3. The second-order valence-electron chi connectivity index (χ2n) is 3.33. The second kappa shape index (κ2) is 4.56. The van der Waals surface area contributed by atoms with Gasteiger partial charge in [0.1, 0.15) is 12.3 Å². The molecule has 9 heteroatoms. The van der Waals surface area contributed by atoms with E-state index in [-0.39, 0.29) is 6.54 Å². The Morgan fingerprint density at radius 1 is 1.44 bits per heavy atom. The van der Waals surface area contributed by atoms with Crippen molar-refractivity contribution >= 4 is 21.7 Å². The van der Waals surface area contributed by atoms with E-state index in [2.05, 4.69) is 26.2 Å². The van der Waals surface area contributed by atoms with E-state index in [4.69, 9.17) is 4.42 Å². The minimum Gasteiger partial charge on any atom is -0.452 e. The molecule has 0 radical (unpaired) electrons. The minimum absolute atomic E-state index is 0.0870. The third-order valence-electron chi connectivity index (χ3n) is 1.98. The zero-order chi connectivity index (χ0) is 13.3. The molecule has 0 saturated heterocycles. The molecule has 0 fully saturated rings. The van der Waals surface area contributed by atoms with Crippen LogP contribution >= 0.6 is 15.9 Å². The lowest BCUT2D eigenvalue weighted by molar-refractivity contribution is -0.0888. The van der Waals surface area contributed by atoms with Gasteiger partial charge in [0.05, 0.1) is 6.20 Å². The lowest BCUT2D eigenvalue weighted by Gasteiger charge is -2.00. The van der Waals surface area contributed by atoms with Crippen molar-refractivity contribution in [1.29, 1.82) is 0 Å². The van der Waals surface area contributed by atoms with Crippen molar-refractivity contribution in [3.63, 3.8) is 0 Å². The van der Waals surface area contributed by atoms with Crippen molar-refractivity contribution in [2.24, 2.45) is 0 Å². The maximum Gasteiger partial charge on any atom is 0.456 e. The van der Waals surface area contributed by atoms with Crippen molar-refractivity contribution in [3.8, 4) is 0 Å². The number of alkyl halides is 3. The van der Waals surface area contributed by atoms with E-state index in [1.54, 1.807) is 12.1 Å². The summed E-state index contributed by atoms with van der Waals surface area (Å²) >= 11 is 3.09.